The fourth-order valence-electron chi connectivity index (χ4n) is 2.80. The molecule has 0 fully saturated rings. The van der Waals surface area contributed by atoms with E-state index in [0.717, 1.165) is 11.1 Å². The van der Waals surface area contributed by atoms with Crippen molar-refractivity contribution in [2.75, 3.05) is 0 Å². The van der Waals surface area contributed by atoms with Crippen LogP contribution in [0.3, 0.4) is 0 Å². The number of fused-ring (bicyclic) bond motifs is 3. The molecule has 19 heavy (non-hydrogen) atoms. The second kappa shape index (κ2) is 4.35. The summed E-state index contributed by atoms with van der Waals surface area (Å²) in [5.74, 6) is 0. The van der Waals surface area contributed by atoms with Gasteiger partial charge in [-0.1, -0.05) is 52.0 Å². The highest BCUT2D eigenvalue weighted by molar-refractivity contribution is 7.25. The molecule has 0 N–H and O–H groups in total. The monoisotopic (exact) mass is 270 g/mol. The van der Waals surface area contributed by atoms with E-state index in [9.17, 15) is 0 Å². The van der Waals surface area contributed by atoms with Gasteiger partial charge in [0.2, 0.25) is 0 Å². The fraction of sp³-hybridized carbons (Fsp3) is 0.333. The van der Waals surface area contributed by atoms with E-state index in [1.54, 1.807) is 18.3 Å². The lowest BCUT2D eigenvalue weighted by Gasteiger charge is -2.24. The number of hydrogen-bond acceptors (Lipinski definition) is 1. The maximum atomic E-state index is 8.20. The molecule has 0 nitrogen and oxygen atoms in total. The van der Waals surface area contributed by atoms with Crippen molar-refractivity contribution >= 4 is 31.5 Å². The highest BCUT2D eigenvalue weighted by atomic mass is 32.1. The maximum Gasteiger partial charge on any atom is 0.0358 e. The van der Waals surface area contributed by atoms with Gasteiger partial charge in [0.05, 0.1) is 0 Å². The number of benzene rings is 2. The molecule has 0 aliphatic heterocycles. The first kappa shape index (κ1) is 10.4. The summed E-state index contributed by atoms with van der Waals surface area (Å²) in [5, 5.41) is 2.47. The molecule has 2 aromatic carbocycles. The molecule has 0 bridgehead atoms. The summed E-state index contributed by atoms with van der Waals surface area (Å²) >= 11 is 1.79. The van der Waals surface area contributed by atoms with Crippen LogP contribution in [0.2, 0.25) is 0 Å². The molecule has 0 atom stereocenters. The third-order valence-corrected chi connectivity index (χ3v) is 4.70. The van der Waals surface area contributed by atoms with Crippen molar-refractivity contribution in [2.45, 2.75) is 39.5 Å². The van der Waals surface area contributed by atoms with Gasteiger partial charge in [-0.15, -0.1) is 11.3 Å². The van der Waals surface area contributed by atoms with Crippen molar-refractivity contribution in [1.82, 2.24) is 0 Å². The SMILES string of the molecule is [2H]C([2H])(C)c1ccc2sc3ccccc3c2c1C(C)(C)C. The Morgan fingerprint density at radius 3 is 2.47 bits per heavy atom. The van der Waals surface area contributed by atoms with E-state index in [1.165, 1.54) is 20.2 Å². The van der Waals surface area contributed by atoms with Gasteiger partial charge in [0.15, 0.2) is 0 Å². The Hall–Kier alpha value is -1.34. The normalized spacial score (nSPS) is 14.7. The van der Waals surface area contributed by atoms with Crippen LogP contribution in [0.1, 0.15) is 41.6 Å². The van der Waals surface area contributed by atoms with Crippen molar-refractivity contribution in [3.8, 4) is 0 Å². The lowest BCUT2D eigenvalue weighted by molar-refractivity contribution is 0.589. The van der Waals surface area contributed by atoms with Gasteiger partial charge in [0.1, 0.15) is 0 Å². The molecule has 3 aromatic rings. The molecule has 0 amide bonds. The van der Waals surface area contributed by atoms with Crippen LogP contribution in [0, 0.1) is 0 Å². The van der Waals surface area contributed by atoms with Gasteiger partial charge < -0.3 is 0 Å². The summed E-state index contributed by atoms with van der Waals surface area (Å²) in [6, 6.07) is 12.5. The van der Waals surface area contributed by atoms with Crippen LogP contribution >= 0.6 is 11.3 Å². The molecule has 0 saturated carbocycles. The second-order valence-corrected chi connectivity index (χ2v) is 7.04. The summed E-state index contributed by atoms with van der Waals surface area (Å²) in [4.78, 5) is 0. The van der Waals surface area contributed by atoms with Crippen LogP contribution in [-0.2, 0) is 11.8 Å². The Balaban J connectivity index is 2.55. The average molecular weight is 270 g/mol. The summed E-state index contributed by atoms with van der Waals surface area (Å²) < 4.78 is 18.9. The van der Waals surface area contributed by atoms with Gasteiger partial charge >= 0.3 is 0 Å². The molecule has 1 heterocycles. The number of thiophene rings is 1. The highest BCUT2D eigenvalue weighted by Crippen LogP contribution is 2.41. The molecule has 0 unspecified atom stereocenters. The van der Waals surface area contributed by atoms with E-state index in [-0.39, 0.29) is 5.41 Å². The Morgan fingerprint density at radius 2 is 1.79 bits per heavy atom. The zero-order chi connectivity index (χ0) is 15.4. The van der Waals surface area contributed by atoms with Crippen molar-refractivity contribution in [1.29, 1.82) is 0 Å². The molecule has 0 aliphatic carbocycles. The minimum atomic E-state index is -1.33. The third kappa shape index (κ3) is 1.97. The third-order valence-electron chi connectivity index (χ3n) is 3.56. The van der Waals surface area contributed by atoms with E-state index in [4.69, 9.17) is 2.74 Å². The summed E-state index contributed by atoms with van der Waals surface area (Å²) in [6.45, 7) is 8.16. The van der Waals surface area contributed by atoms with Gasteiger partial charge in [-0.2, -0.15) is 0 Å². The first-order valence-electron chi connectivity index (χ1n) is 7.65. The number of rotatable bonds is 1. The standard InChI is InChI=1S/C18H20S/c1-5-12-10-11-15-16(17(12)18(2,3)4)13-8-6-7-9-14(13)19-15/h6-11H,5H2,1-4H3/i5D2. The van der Waals surface area contributed by atoms with Gasteiger partial charge in [0.25, 0.3) is 0 Å². The summed E-state index contributed by atoms with van der Waals surface area (Å²) in [7, 11) is 0. The van der Waals surface area contributed by atoms with Crippen LogP contribution in [0.15, 0.2) is 36.4 Å². The Bertz CT molecular complexity index is 817. The van der Waals surface area contributed by atoms with E-state index in [2.05, 4.69) is 51.1 Å². The zero-order valence-corrected chi connectivity index (χ0v) is 12.7. The fourth-order valence-corrected chi connectivity index (χ4v) is 3.92. The summed E-state index contributed by atoms with van der Waals surface area (Å²) in [6.07, 6.45) is -1.33. The molecule has 0 radical (unpaired) electrons. The molecular weight excluding hydrogens is 248 g/mol. The van der Waals surface area contributed by atoms with Crippen molar-refractivity contribution in [2.24, 2.45) is 0 Å². The Morgan fingerprint density at radius 1 is 1.05 bits per heavy atom. The van der Waals surface area contributed by atoms with E-state index >= 15 is 0 Å². The molecule has 1 aromatic heterocycles. The largest absolute Gasteiger partial charge is 0.135 e. The molecule has 98 valence electrons. The lowest BCUT2D eigenvalue weighted by atomic mass is 9.80. The van der Waals surface area contributed by atoms with Gasteiger partial charge in [-0.3, -0.25) is 0 Å². The topological polar surface area (TPSA) is 0 Å². The van der Waals surface area contributed by atoms with Gasteiger partial charge in [-0.05, 0) is 35.0 Å². The molecule has 0 saturated heterocycles. The first-order valence-corrected chi connectivity index (χ1v) is 7.46. The molecule has 1 heteroatoms. The van der Waals surface area contributed by atoms with Gasteiger partial charge in [-0.25, -0.2) is 0 Å². The van der Waals surface area contributed by atoms with Crippen LogP contribution < -0.4 is 0 Å². The number of aryl methyl sites for hydroxylation is 1. The van der Waals surface area contributed by atoms with E-state index < -0.39 is 6.37 Å². The molecular formula is C18H20S. The summed E-state index contributed by atoms with van der Waals surface area (Å²) in [5.41, 5.74) is 1.86. The van der Waals surface area contributed by atoms with E-state index in [1.807, 2.05) is 6.07 Å². The number of hydrogen-bond donors (Lipinski definition) is 0. The lowest BCUT2D eigenvalue weighted by Crippen LogP contribution is -2.14. The van der Waals surface area contributed by atoms with Crippen molar-refractivity contribution in [3.63, 3.8) is 0 Å². The molecule has 0 spiro atoms. The predicted octanol–water partition coefficient (Wildman–Crippen LogP) is 5.91. The zero-order valence-electron chi connectivity index (χ0n) is 13.9. The predicted molar refractivity (Wildman–Crippen MR) is 87.4 cm³/mol. The van der Waals surface area contributed by atoms with Crippen LogP contribution in [-0.4, -0.2) is 0 Å². The smallest absolute Gasteiger partial charge is 0.0358 e. The molecule has 3 rings (SSSR count). The molecule has 0 aliphatic rings. The quantitative estimate of drug-likeness (QED) is 0.515. The van der Waals surface area contributed by atoms with Crippen LogP contribution in [0.25, 0.3) is 20.2 Å². The minimum Gasteiger partial charge on any atom is -0.135 e. The minimum absolute atomic E-state index is 0.0952. The Labute approximate surface area is 121 Å². The van der Waals surface area contributed by atoms with E-state index in [0.29, 0.717) is 0 Å². The van der Waals surface area contributed by atoms with Crippen molar-refractivity contribution in [3.05, 3.63) is 47.5 Å². The van der Waals surface area contributed by atoms with Gasteiger partial charge in [0, 0.05) is 22.9 Å². The van der Waals surface area contributed by atoms with Crippen LogP contribution in [0.4, 0.5) is 0 Å². The first-order chi connectivity index (χ1) is 9.69. The van der Waals surface area contributed by atoms with Crippen LogP contribution in [0.5, 0.6) is 0 Å². The maximum absolute atomic E-state index is 8.20. The van der Waals surface area contributed by atoms with Crippen molar-refractivity contribution < 1.29 is 2.74 Å². The Kier molecular flexibility index (Phi) is 2.39. The second-order valence-electron chi connectivity index (χ2n) is 5.96. The average Bonchev–Trinajstić information content (AvgIpc) is 2.73. The highest BCUT2D eigenvalue weighted by Gasteiger charge is 2.22.